The topological polar surface area (TPSA) is 91.3 Å². The summed E-state index contributed by atoms with van der Waals surface area (Å²) >= 11 is 0. The van der Waals surface area contributed by atoms with Gasteiger partial charge in [-0.25, -0.2) is 14.6 Å². The van der Waals surface area contributed by atoms with Crippen LogP contribution in [0.25, 0.3) is 0 Å². The van der Waals surface area contributed by atoms with Gasteiger partial charge in [-0.05, 0) is 25.0 Å². The number of carbonyl (C=O) groups is 2. The van der Waals surface area contributed by atoms with Gasteiger partial charge in [0.2, 0.25) is 0 Å². The first kappa shape index (κ1) is 14.7. The van der Waals surface area contributed by atoms with Gasteiger partial charge >= 0.3 is 12.0 Å². The van der Waals surface area contributed by atoms with Gasteiger partial charge in [-0.1, -0.05) is 12.1 Å². The molecule has 0 aliphatic heterocycles. The van der Waals surface area contributed by atoms with Gasteiger partial charge in [0.1, 0.15) is 5.69 Å². The summed E-state index contributed by atoms with van der Waals surface area (Å²) in [6, 6.07) is 2.75. The summed E-state index contributed by atoms with van der Waals surface area (Å²) in [4.78, 5) is 25.9. The maximum atomic E-state index is 11.5. The number of aromatic carboxylic acids is 1. The van der Waals surface area contributed by atoms with Crippen molar-refractivity contribution in [2.24, 2.45) is 0 Å². The fourth-order valence-electron chi connectivity index (χ4n) is 1.42. The predicted octanol–water partition coefficient (Wildman–Crippen LogP) is 1.54. The van der Waals surface area contributed by atoms with Crippen LogP contribution in [0.1, 0.15) is 29.4 Å². The highest BCUT2D eigenvalue weighted by Crippen LogP contribution is 2.00. The fraction of sp³-hybridized carbons (Fsp3) is 0.308. The third-order valence-corrected chi connectivity index (χ3v) is 2.39. The van der Waals surface area contributed by atoms with Gasteiger partial charge < -0.3 is 15.7 Å². The van der Waals surface area contributed by atoms with Crippen molar-refractivity contribution in [2.45, 2.75) is 25.9 Å². The quantitative estimate of drug-likeness (QED) is 0.679. The average molecular weight is 263 g/mol. The monoisotopic (exact) mass is 263 g/mol. The minimum atomic E-state index is -1.07. The van der Waals surface area contributed by atoms with Crippen molar-refractivity contribution in [2.75, 3.05) is 0 Å². The first-order chi connectivity index (χ1) is 9.02. The van der Waals surface area contributed by atoms with Crippen molar-refractivity contribution in [3.63, 3.8) is 0 Å². The third kappa shape index (κ3) is 5.20. The van der Waals surface area contributed by atoms with Gasteiger partial charge in [0.15, 0.2) is 0 Å². The third-order valence-electron chi connectivity index (χ3n) is 2.39. The molecule has 0 fully saturated rings. The number of pyridine rings is 1. The summed E-state index contributed by atoms with van der Waals surface area (Å²) in [5, 5.41) is 14.1. The van der Waals surface area contributed by atoms with E-state index < -0.39 is 5.97 Å². The SMILES string of the molecule is C=CCC(C)NC(=O)NCc1ccc(C(=O)O)nc1. The van der Waals surface area contributed by atoms with E-state index in [2.05, 4.69) is 22.2 Å². The van der Waals surface area contributed by atoms with E-state index in [9.17, 15) is 9.59 Å². The highest BCUT2D eigenvalue weighted by atomic mass is 16.4. The van der Waals surface area contributed by atoms with Crippen LogP contribution in [-0.2, 0) is 6.54 Å². The van der Waals surface area contributed by atoms with Crippen molar-refractivity contribution in [1.29, 1.82) is 0 Å². The Bertz CT molecular complexity index is 457. The summed E-state index contributed by atoms with van der Waals surface area (Å²) in [5.74, 6) is -1.07. The molecule has 1 aromatic heterocycles. The van der Waals surface area contributed by atoms with Gasteiger partial charge in [-0.3, -0.25) is 0 Å². The van der Waals surface area contributed by atoms with Crippen LogP contribution in [0.3, 0.4) is 0 Å². The molecule has 0 aliphatic rings. The van der Waals surface area contributed by atoms with E-state index in [4.69, 9.17) is 5.11 Å². The molecular weight excluding hydrogens is 246 g/mol. The van der Waals surface area contributed by atoms with Crippen LogP contribution in [0.4, 0.5) is 4.79 Å². The van der Waals surface area contributed by atoms with E-state index in [1.807, 2.05) is 6.92 Å². The van der Waals surface area contributed by atoms with E-state index in [-0.39, 0.29) is 17.8 Å². The van der Waals surface area contributed by atoms with Gasteiger partial charge in [0.25, 0.3) is 0 Å². The zero-order valence-corrected chi connectivity index (χ0v) is 10.7. The molecule has 6 heteroatoms. The molecule has 1 aromatic rings. The van der Waals surface area contributed by atoms with Gasteiger partial charge in [0.05, 0.1) is 0 Å². The van der Waals surface area contributed by atoms with Crippen LogP contribution in [0.15, 0.2) is 31.0 Å². The molecule has 0 bridgehead atoms. The minimum absolute atomic E-state index is 0.0185. The first-order valence-corrected chi connectivity index (χ1v) is 5.86. The Hall–Kier alpha value is -2.37. The molecule has 3 N–H and O–H groups in total. The molecule has 0 saturated carbocycles. The molecule has 0 saturated heterocycles. The number of carboxylic acid groups (broad SMARTS) is 1. The van der Waals surface area contributed by atoms with Crippen LogP contribution < -0.4 is 10.6 Å². The highest BCUT2D eigenvalue weighted by Gasteiger charge is 2.06. The second kappa shape index (κ2) is 7.15. The summed E-state index contributed by atoms with van der Waals surface area (Å²) in [6.07, 6.45) is 3.86. The summed E-state index contributed by atoms with van der Waals surface area (Å²) in [7, 11) is 0. The highest BCUT2D eigenvalue weighted by molar-refractivity contribution is 5.85. The molecule has 1 heterocycles. The summed E-state index contributed by atoms with van der Waals surface area (Å²) < 4.78 is 0. The van der Waals surface area contributed by atoms with Gasteiger partial charge in [-0.2, -0.15) is 0 Å². The number of carbonyl (C=O) groups excluding carboxylic acids is 1. The van der Waals surface area contributed by atoms with Crippen molar-refractivity contribution >= 4 is 12.0 Å². The number of nitrogens with one attached hydrogen (secondary N) is 2. The summed E-state index contributed by atoms with van der Waals surface area (Å²) in [5.41, 5.74) is 0.712. The maximum Gasteiger partial charge on any atom is 0.354 e. The lowest BCUT2D eigenvalue weighted by atomic mass is 10.2. The van der Waals surface area contributed by atoms with Crippen LogP contribution in [0, 0.1) is 0 Å². The molecule has 1 atom stereocenters. The molecule has 102 valence electrons. The predicted molar refractivity (Wildman–Crippen MR) is 70.8 cm³/mol. The average Bonchev–Trinajstić information content (AvgIpc) is 2.37. The lowest BCUT2D eigenvalue weighted by Gasteiger charge is -2.12. The normalized spacial score (nSPS) is 11.4. The number of rotatable bonds is 6. The number of nitrogens with zero attached hydrogens (tertiary/aromatic N) is 1. The molecule has 0 aliphatic carbocycles. The molecule has 19 heavy (non-hydrogen) atoms. The van der Waals surface area contributed by atoms with E-state index in [0.29, 0.717) is 13.0 Å². The zero-order chi connectivity index (χ0) is 14.3. The second-order valence-corrected chi connectivity index (χ2v) is 4.11. The molecule has 1 unspecified atom stereocenters. The van der Waals surface area contributed by atoms with Crippen molar-refractivity contribution in [3.8, 4) is 0 Å². The van der Waals surface area contributed by atoms with E-state index in [1.54, 1.807) is 12.1 Å². The van der Waals surface area contributed by atoms with Crippen LogP contribution in [0.2, 0.25) is 0 Å². The number of hydrogen-bond acceptors (Lipinski definition) is 3. The molecule has 1 rings (SSSR count). The smallest absolute Gasteiger partial charge is 0.354 e. The fourth-order valence-corrected chi connectivity index (χ4v) is 1.42. The van der Waals surface area contributed by atoms with Crippen LogP contribution >= 0.6 is 0 Å². The van der Waals surface area contributed by atoms with Crippen LogP contribution in [0.5, 0.6) is 0 Å². The van der Waals surface area contributed by atoms with Crippen molar-refractivity contribution < 1.29 is 14.7 Å². The molecule has 0 aromatic carbocycles. The van der Waals surface area contributed by atoms with E-state index in [1.165, 1.54) is 12.3 Å². The molecular formula is C13H17N3O3. The van der Waals surface area contributed by atoms with Crippen LogP contribution in [-0.4, -0.2) is 28.1 Å². The first-order valence-electron chi connectivity index (χ1n) is 5.86. The standard InChI is InChI=1S/C13H17N3O3/c1-3-4-9(2)16-13(19)15-8-10-5-6-11(12(17)18)14-7-10/h3,5-7,9H,1,4,8H2,2H3,(H,17,18)(H2,15,16,19). The molecule has 6 nitrogen and oxygen atoms in total. The van der Waals surface area contributed by atoms with E-state index in [0.717, 1.165) is 5.56 Å². The Balaban J connectivity index is 2.41. The second-order valence-electron chi connectivity index (χ2n) is 4.11. The van der Waals surface area contributed by atoms with Gasteiger partial charge in [0, 0.05) is 18.8 Å². The minimum Gasteiger partial charge on any atom is -0.477 e. The number of hydrogen-bond donors (Lipinski definition) is 3. The number of amides is 2. The Labute approximate surface area is 111 Å². The maximum absolute atomic E-state index is 11.5. The lowest BCUT2D eigenvalue weighted by molar-refractivity contribution is 0.0690. The summed E-state index contributed by atoms with van der Waals surface area (Å²) in [6.45, 7) is 5.77. The Morgan fingerprint density at radius 2 is 2.26 bits per heavy atom. The lowest BCUT2D eigenvalue weighted by Crippen LogP contribution is -2.40. The molecule has 2 amide bonds. The Morgan fingerprint density at radius 1 is 1.53 bits per heavy atom. The number of aromatic nitrogens is 1. The van der Waals surface area contributed by atoms with Crippen molar-refractivity contribution in [1.82, 2.24) is 15.6 Å². The molecule has 0 spiro atoms. The molecule has 0 radical (unpaired) electrons. The zero-order valence-electron chi connectivity index (χ0n) is 10.7. The van der Waals surface area contributed by atoms with Gasteiger partial charge in [-0.15, -0.1) is 6.58 Å². The number of urea groups is 1. The Kier molecular flexibility index (Phi) is 5.53. The van der Waals surface area contributed by atoms with E-state index >= 15 is 0 Å². The Morgan fingerprint density at radius 3 is 2.79 bits per heavy atom. The largest absolute Gasteiger partial charge is 0.477 e. The number of carboxylic acids is 1. The van der Waals surface area contributed by atoms with Crippen molar-refractivity contribution in [3.05, 3.63) is 42.2 Å².